The first-order valence-electron chi connectivity index (χ1n) is 5.56. The zero-order valence-electron chi connectivity index (χ0n) is 9.73. The maximum Gasteiger partial charge on any atom is 0.325 e. The van der Waals surface area contributed by atoms with Crippen LogP contribution in [0, 0.1) is 0 Å². The Kier molecular flexibility index (Phi) is 4.89. The van der Waals surface area contributed by atoms with Gasteiger partial charge in [-0.15, -0.1) is 0 Å². The highest BCUT2D eigenvalue weighted by molar-refractivity contribution is 6.04. The van der Waals surface area contributed by atoms with Gasteiger partial charge in [-0.25, -0.2) is 4.79 Å². The van der Waals surface area contributed by atoms with Gasteiger partial charge in [-0.3, -0.25) is 14.5 Å². The van der Waals surface area contributed by atoms with E-state index in [-0.39, 0.29) is 25.7 Å². The number of carbonyl (C=O) groups is 3. The number of aliphatic hydroxyl groups excluding tert-OH is 1. The van der Waals surface area contributed by atoms with Crippen molar-refractivity contribution in [2.75, 3.05) is 19.7 Å². The molecule has 7 heteroatoms. The number of imide groups is 1. The van der Waals surface area contributed by atoms with Crippen molar-refractivity contribution in [2.24, 2.45) is 0 Å². The van der Waals surface area contributed by atoms with Gasteiger partial charge >= 0.3 is 6.03 Å². The van der Waals surface area contributed by atoms with E-state index < -0.39 is 17.8 Å². The lowest BCUT2D eigenvalue weighted by molar-refractivity contribution is -0.131. The summed E-state index contributed by atoms with van der Waals surface area (Å²) in [6.07, 6.45) is 1.15. The minimum Gasteiger partial charge on any atom is -0.396 e. The third-order valence-electron chi connectivity index (χ3n) is 2.57. The lowest BCUT2D eigenvalue weighted by atomic mass is 10.1. The molecule has 0 radical (unpaired) electrons. The number of urea groups is 1. The molecule has 0 aromatic carbocycles. The van der Waals surface area contributed by atoms with Crippen molar-refractivity contribution in [3.63, 3.8) is 0 Å². The van der Waals surface area contributed by atoms with Crippen LogP contribution in [0.2, 0.25) is 0 Å². The van der Waals surface area contributed by atoms with Gasteiger partial charge in [0.15, 0.2) is 0 Å². The largest absolute Gasteiger partial charge is 0.396 e. The first kappa shape index (κ1) is 13.4. The van der Waals surface area contributed by atoms with Crippen molar-refractivity contribution in [3.8, 4) is 0 Å². The van der Waals surface area contributed by atoms with E-state index in [1.165, 1.54) is 0 Å². The van der Waals surface area contributed by atoms with E-state index in [1.54, 1.807) is 0 Å². The highest BCUT2D eigenvalue weighted by Crippen LogP contribution is 2.00. The maximum absolute atomic E-state index is 11.6. The molecule has 17 heavy (non-hydrogen) atoms. The zero-order valence-corrected chi connectivity index (χ0v) is 9.73. The summed E-state index contributed by atoms with van der Waals surface area (Å²) in [5.74, 6) is -0.795. The van der Waals surface area contributed by atoms with Crippen LogP contribution in [0.15, 0.2) is 0 Å². The summed E-state index contributed by atoms with van der Waals surface area (Å²) in [6.45, 7) is 1.54. The number of nitrogens with one attached hydrogen (secondary N) is 2. The van der Waals surface area contributed by atoms with Gasteiger partial charge in [-0.1, -0.05) is 6.92 Å². The molecule has 0 saturated carbocycles. The van der Waals surface area contributed by atoms with E-state index in [4.69, 9.17) is 5.11 Å². The SMILES string of the molecule is CCC(CCO)NC(=O)CN1C(=O)CNC1=O. The molecule has 1 fully saturated rings. The van der Waals surface area contributed by atoms with Crippen molar-refractivity contribution < 1.29 is 19.5 Å². The van der Waals surface area contributed by atoms with Gasteiger partial charge in [-0.05, 0) is 12.8 Å². The third-order valence-corrected chi connectivity index (χ3v) is 2.57. The number of amides is 4. The number of hydrogen-bond acceptors (Lipinski definition) is 4. The Hall–Kier alpha value is -1.63. The van der Waals surface area contributed by atoms with Gasteiger partial charge in [-0.2, -0.15) is 0 Å². The second kappa shape index (κ2) is 6.19. The molecule has 1 heterocycles. The molecule has 1 rings (SSSR count). The Morgan fingerprint density at radius 2 is 2.29 bits per heavy atom. The van der Waals surface area contributed by atoms with Crippen molar-refractivity contribution >= 4 is 17.8 Å². The summed E-state index contributed by atoms with van der Waals surface area (Å²) in [7, 11) is 0. The summed E-state index contributed by atoms with van der Waals surface area (Å²) in [4.78, 5) is 34.8. The zero-order chi connectivity index (χ0) is 12.8. The van der Waals surface area contributed by atoms with Gasteiger partial charge in [0.1, 0.15) is 6.54 Å². The number of aliphatic hydroxyl groups is 1. The summed E-state index contributed by atoms with van der Waals surface area (Å²) >= 11 is 0. The van der Waals surface area contributed by atoms with E-state index in [2.05, 4.69) is 10.6 Å². The van der Waals surface area contributed by atoms with E-state index in [1.807, 2.05) is 6.92 Å². The highest BCUT2D eigenvalue weighted by Gasteiger charge is 2.30. The molecule has 0 spiro atoms. The average molecular weight is 243 g/mol. The van der Waals surface area contributed by atoms with E-state index in [9.17, 15) is 14.4 Å². The van der Waals surface area contributed by atoms with Crippen molar-refractivity contribution in [3.05, 3.63) is 0 Å². The summed E-state index contributed by atoms with van der Waals surface area (Å²) in [5.41, 5.74) is 0. The first-order valence-corrected chi connectivity index (χ1v) is 5.56. The van der Waals surface area contributed by atoms with Gasteiger partial charge in [0.05, 0.1) is 6.54 Å². The van der Waals surface area contributed by atoms with E-state index >= 15 is 0 Å². The molecule has 1 aliphatic rings. The minimum absolute atomic E-state index is 0.0120. The first-order chi connectivity index (χ1) is 8.08. The van der Waals surface area contributed by atoms with Gasteiger partial charge in [0.2, 0.25) is 5.91 Å². The lowest BCUT2D eigenvalue weighted by Gasteiger charge is -2.18. The molecule has 1 aliphatic heterocycles. The fourth-order valence-electron chi connectivity index (χ4n) is 1.57. The van der Waals surface area contributed by atoms with E-state index in [0.29, 0.717) is 12.8 Å². The molecule has 96 valence electrons. The third kappa shape index (κ3) is 3.70. The van der Waals surface area contributed by atoms with Crippen molar-refractivity contribution in [2.45, 2.75) is 25.8 Å². The van der Waals surface area contributed by atoms with Crippen LogP contribution < -0.4 is 10.6 Å². The molecule has 1 atom stereocenters. The van der Waals surface area contributed by atoms with Crippen LogP contribution in [0.1, 0.15) is 19.8 Å². The predicted octanol–water partition coefficient (Wildman–Crippen LogP) is -1.18. The molecule has 4 amide bonds. The molecule has 0 aromatic heterocycles. The molecule has 0 bridgehead atoms. The Morgan fingerprint density at radius 1 is 1.59 bits per heavy atom. The summed E-state index contributed by atoms with van der Waals surface area (Å²) in [5, 5.41) is 13.8. The molecule has 0 aliphatic carbocycles. The highest BCUT2D eigenvalue weighted by atomic mass is 16.3. The quantitative estimate of drug-likeness (QED) is 0.511. The number of rotatable bonds is 6. The van der Waals surface area contributed by atoms with Crippen LogP contribution in [-0.2, 0) is 9.59 Å². The Labute approximate surface area is 99.2 Å². The molecular formula is C10H17N3O4. The monoisotopic (exact) mass is 243 g/mol. The molecule has 1 unspecified atom stereocenters. The molecular weight excluding hydrogens is 226 g/mol. The average Bonchev–Trinajstić information content (AvgIpc) is 2.60. The number of carbonyl (C=O) groups excluding carboxylic acids is 3. The van der Waals surface area contributed by atoms with Gasteiger partial charge in [0.25, 0.3) is 5.91 Å². The second-order valence-corrected chi connectivity index (χ2v) is 3.82. The van der Waals surface area contributed by atoms with Gasteiger partial charge < -0.3 is 15.7 Å². The smallest absolute Gasteiger partial charge is 0.325 e. The van der Waals surface area contributed by atoms with E-state index in [0.717, 1.165) is 4.90 Å². The molecule has 1 saturated heterocycles. The minimum atomic E-state index is -0.541. The molecule has 7 nitrogen and oxygen atoms in total. The predicted molar refractivity (Wildman–Crippen MR) is 59.0 cm³/mol. The number of nitrogens with zero attached hydrogens (tertiary/aromatic N) is 1. The summed E-state index contributed by atoms with van der Waals surface area (Å²) < 4.78 is 0. The van der Waals surface area contributed by atoms with Crippen LogP contribution in [0.5, 0.6) is 0 Å². The van der Waals surface area contributed by atoms with Crippen LogP contribution in [0.25, 0.3) is 0 Å². The van der Waals surface area contributed by atoms with Crippen LogP contribution in [0.3, 0.4) is 0 Å². The molecule has 3 N–H and O–H groups in total. The Balaban J connectivity index is 2.43. The van der Waals surface area contributed by atoms with Crippen molar-refractivity contribution in [1.82, 2.24) is 15.5 Å². The standard InChI is InChI=1S/C10H17N3O4/c1-2-7(3-4-14)12-8(15)6-13-9(16)5-11-10(13)17/h7,14H,2-6H2,1H3,(H,11,17)(H,12,15). The van der Waals surface area contributed by atoms with Crippen LogP contribution >= 0.6 is 0 Å². The number of hydrogen-bond donors (Lipinski definition) is 3. The normalized spacial score (nSPS) is 16.9. The maximum atomic E-state index is 11.6. The van der Waals surface area contributed by atoms with Crippen LogP contribution in [-0.4, -0.2) is 53.6 Å². The summed E-state index contributed by atoms with van der Waals surface area (Å²) in [6, 6.07) is -0.673. The second-order valence-electron chi connectivity index (χ2n) is 3.82. The molecule has 0 aromatic rings. The van der Waals surface area contributed by atoms with Crippen molar-refractivity contribution in [1.29, 1.82) is 0 Å². The lowest BCUT2D eigenvalue weighted by Crippen LogP contribution is -2.44. The van der Waals surface area contributed by atoms with Crippen LogP contribution in [0.4, 0.5) is 4.79 Å². The fourth-order valence-corrected chi connectivity index (χ4v) is 1.57. The Bertz CT molecular complexity index is 303. The Morgan fingerprint density at radius 3 is 2.76 bits per heavy atom. The fraction of sp³-hybridized carbons (Fsp3) is 0.700. The topological polar surface area (TPSA) is 98.7 Å². The van der Waals surface area contributed by atoms with Gasteiger partial charge in [0, 0.05) is 12.6 Å².